The largest absolute Gasteiger partial charge is 0.277 e. The van der Waals surface area contributed by atoms with Crippen molar-refractivity contribution in [1.29, 1.82) is 0 Å². The maximum atomic E-state index is 13.0. The molecule has 0 N–H and O–H groups in total. The number of nitrogens with zero attached hydrogens (tertiary/aromatic N) is 4. The maximum Gasteiger partial charge on any atom is 0.277 e. The van der Waals surface area contributed by atoms with Gasteiger partial charge in [0.25, 0.3) is 22.7 Å². The molecule has 0 unspecified atom stereocenters. The van der Waals surface area contributed by atoms with Crippen molar-refractivity contribution in [3.63, 3.8) is 0 Å². The highest BCUT2D eigenvalue weighted by atomic mass is 31.1. The quantitative estimate of drug-likeness (QED) is 0.0709. The molecular formula is C44H28N4O8P2. The first-order valence-electron chi connectivity index (χ1n) is 17.7. The standard InChI is InChI=1S/C44H28N4O8P2/c49-45(50)34-20-5-9-24-38(34)57(39-25-10-6-21-35(39)46(51)52)42-28-30-15-2-4-18-32(30)43(33-19-13-16-29-14-1-3-17-31(29)33)44(42)58(40-26-11-7-22-36(40)47(53)54)41-27-12-8-23-37(41)48(55)56/h1-28H. The molecule has 0 aliphatic heterocycles. The molecule has 58 heavy (non-hydrogen) atoms. The number of benzene rings is 8. The van der Waals surface area contributed by atoms with Crippen LogP contribution < -0.4 is 31.8 Å². The summed E-state index contributed by atoms with van der Waals surface area (Å²) in [7, 11) is -4.58. The Morgan fingerprint density at radius 3 is 1.17 bits per heavy atom. The van der Waals surface area contributed by atoms with Crippen molar-refractivity contribution in [2.45, 2.75) is 0 Å². The highest BCUT2D eigenvalue weighted by Crippen LogP contribution is 2.49. The van der Waals surface area contributed by atoms with Gasteiger partial charge in [0, 0.05) is 45.4 Å². The highest BCUT2D eigenvalue weighted by Gasteiger charge is 2.39. The zero-order chi connectivity index (χ0) is 40.5. The molecule has 0 spiro atoms. The summed E-state index contributed by atoms with van der Waals surface area (Å²) in [5, 5.41) is 56.5. The Balaban J connectivity index is 1.69. The second-order valence-corrected chi connectivity index (χ2v) is 17.2. The fourth-order valence-electron chi connectivity index (χ4n) is 7.43. The monoisotopic (exact) mass is 802 g/mol. The van der Waals surface area contributed by atoms with E-state index in [1.807, 2.05) is 72.8 Å². The van der Waals surface area contributed by atoms with Crippen molar-refractivity contribution in [2.75, 3.05) is 0 Å². The normalized spacial score (nSPS) is 11.3. The van der Waals surface area contributed by atoms with Crippen LogP contribution in [0.5, 0.6) is 0 Å². The van der Waals surface area contributed by atoms with Crippen molar-refractivity contribution in [3.05, 3.63) is 210 Å². The van der Waals surface area contributed by atoms with Gasteiger partial charge in [-0.2, -0.15) is 0 Å². The average Bonchev–Trinajstić information content (AvgIpc) is 3.24. The smallest absolute Gasteiger partial charge is 0.258 e. The molecule has 0 fully saturated rings. The SMILES string of the molecule is O=[N+]([O-])c1ccccc1P(c1ccccc1[N+](=O)[O-])c1cc2ccccc2c(-c2cccc3ccccc23)c1P(c1ccccc1[N+](=O)[O-])c1ccccc1[N+](=O)[O-]. The van der Waals surface area contributed by atoms with Crippen LogP contribution in [0.1, 0.15) is 0 Å². The number of nitro groups is 4. The van der Waals surface area contributed by atoms with Gasteiger partial charge in [-0.05, 0) is 68.3 Å². The summed E-state index contributed by atoms with van der Waals surface area (Å²) in [6, 6.07) is 47.1. The van der Waals surface area contributed by atoms with E-state index in [1.165, 1.54) is 48.5 Å². The summed E-state index contributed by atoms with van der Waals surface area (Å²) >= 11 is 0. The number of fused-ring (bicyclic) bond motifs is 2. The number of nitro benzene ring substituents is 4. The van der Waals surface area contributed by atoms with Crippen LogP contribution in [0, 0.1) is 40.5 Å². The van der Waals surface area contributed by atoms with Gasteiger partial charge in [-0.15, -0.1) is 0 Å². The zero-order valence-electron chi connectivity index (χ0n) is 30.1. The van der Waals surface area contributed by atoms with E-state index in [0.29, 0.717) is 32.5 Å². The van der Waals surface area contributed by atoms with Crippen LogP contribution >= 0.6 is 15.8 Å². The van der Waals surface area contributed by atoms with Crippen LogP contribution in [0.15, 0.2) is 170 Å². The molecule has 8 aromatic carbocycles. The molecule has 0 aliphatic rings. The minimum Gasteiger partial charge on any atom is -0.258 e. The molecule has 0 aliphatic carbocycles. The van der Waals surface area contributed by atoms with E-state index in [4.69, 9.17) is 0 Å². The number of rotatable bonds is 11. The van der Waals surface area contributed by atoms with Crippen LogP contribution in [0.25, 0.3) is 32.7 Å². The number of para-hydroxylation sites is 4. The minimum absolute atomic E-state index is 0.190. The van der Waals surface area contributed by atoms with E-state index in [9.17, 15) is 40.5 Å². The molecule has 14 heteroatoms. The molecule has 0 heterocycles. The van der Waals surface area contributed by atoms with Crippen LogP contribution in [-0.4, -0.2) is 19.7 Å². The van der Waals surface area contributed by atoms with Gasteiger partial charge in [0.1, 0.15) is 0 Å². The molecule has 0 saturated carbocycles. The fraction of sp³-hybridized carbons (Fsp3) is 0. The van der Waals surface area contributed by atoms with Gasteiger partial charge >= 0.3 is 0 Å². The lowest BCUT2D eigenvalue weighted by Crippen LogP contribution is -2.37. The van der Waals surface area contributed by atoms with Crippen molar-refractivity contribution in [2.24, 2.45) is 0 Å². The van der Waals surface area contributed by atoms with Gasteiger partial charge in [-0.25, -0.2) is 0 Å². The summed E-state index contributed by atoms with van der Waals surface area (Å²) in [4.78, 5) is 49.7. The van der Waals surface area contributed by atoms with Gasteiger partial charge in [-0.3, -0.25) is 40.5 Å². The minimum atomic E-state index is -2.32. The average molecular weight is 803 g/mol. The second-order valence-electron chi connectivity index (χ2n) is 13.0. The molecule has 12 nitrogen and oxygen atoms in total. The first kappa shape index (κ1) is 37.7. The highest BCUT2D eigenvalue weighted by molar-refractivity contribution is 7.86. The molecule has 8 aromatic rings. The third-order valence-corrected chi connectivity index (χ3v) is 15.2. The van der Waals surface area contributed by atoms with Crippen LogP contribution in [-0.2, 0) is 0 Å². The first-order chi connectivity index (χ1) is 28.2. The molecule has 8 rings (SSSR count). The van der Waals surface area contributed by atoms with E-state index in [2.05, 4.69) is 0 Å². The first-order valence-corrected chi connectivity index (χ1v) is 20.4. The fourth-order valence-corrected chi connectivity index (χ4v) is 13.4. The topological polar surface area (TPSA) is 173 Å². The van der Waals surface area contributed by atoms with Gasteiger partial charge in [0.15, 0.2) is 0 Å². The molecular weight excluding hydrogens is 774 g/mol. The lowest BCUT2D eigenvalue weighted by atomic mass is 9.94. The Hall–Kier alpha value is -7.26. The lowest BCUT2D eigenvalue weighted by Gasteiger charge is -2.30. The Kier molecular flexibility index (Phi) is 10.2. The maximum absolute atomic E-state index is 13.0. The summed E-state index contributed by atoms with van der Waals surface area (Å²) in [6.45, 7) is 0. The van der Waals surface area contributed by atoms with Crippen molar-refractivity contribution >= 4 is 92.0 Å². The number of hydrogen-bond donors (Lipinski definition) is 0. The summed E-state index contributed by atoms with van der Waals surface area (Å²) in [5.41, 5.74) is 0.176. The predicted octanol–water partition coefficient (Wildman–Crippen LogP) is 8.81. The molecule has 0 saturated heterocycles. The Bertz CT molecular complexity index is 2860. The van der Waals surface area contributed by atoms with Crippen LogP contribution in [0.3, 0.4) is 0 Å². The Morgan fingerprint density at radius 1 is 0.345 bits per heavy atom. The molecule has 0 amide bonds. The van der Waals surface area contributed by atoms with E-state index in [1.54, 1.807) is 48.5 Å². The lowest BCUT2D eigenvalue weighted by molar-refractivity contribution is -0.384. The van der Waals surface area contributed by atoms with Crippen molar-refractivity contribution in [1.82, 2.24) is 0 Å². The predicted molar refractivity (Wildman–Crippen MR) is 231 cm³/mol. The molecule has 282 valence electrons. The molecule has 0 radical (unpaired) electrons. The summed E-state index contributed by atoms with van der Waals surface area (Å²) in [6.07, 6.45) is 0. The second kappa shape index (κ2) is 15.7. The third-order valence-electron chi connectivity index (χ3n) is 9.80. The zero-order valence-corrected chi connectivity index (χ0v) is 31.9. The van der Waals surface area contributed by atoms with Gasteiger partial charge < -0.3 is 0 Å². The van der Waals surface area contributed by atoms with E-state index in [0.717, 1.165) is 10.8 Å². The van der Waals surface area contributed by atoms with Gasteiger partial charge in [0.2, 0.25) is 0 Å². The molecule has 0 aromatic heterocycles. The van der Waals surface area contributed by atoms with Crippen molar-refractivity contribution in [3.8, 4) is 11.1 Å². The summed E-state index contributed by atoms with van der Waals surface area (Å²) in [5.74, 6) is 0. The van der Waals surface area contributed by atoms with Crippen LogP contribution in [0.4, 0.5) is 22.7 Å². The Morgan fingerprint density at radius 2 is 0.707 bits per heavy atom. The van der Waals surface area contributed by atoms with E-state index < -0.39 is 35.5 Å². The number of hydrogen-bond acceptors (Lipinski definition) is 8. The van der Waals surface area contributed by atoms with Crippen LogP contribution in [0.2, 0.25) is 0 Å². The van der Waals surface area contributed by atoms with E-state index >= 15 is 0 Å². The molecule has 0 bridgehead atoms. The van der Waals surface area contributed by atoms with Crippen molar-refractivity contribution < 1.29 is 19.7 Å². The molecule has 0 atom stereocenters. The third kappa shape index (κ3) is 6.70. The van der Waals surface area contributed by atoms with E-state index in [-0.39, 0.29) is 44.0 Å². The van der Waals surface area contributed by atoms with Gasteiger partial charge in [-0.1, -0.05) is 115 Å². The summed E-state index contributed by atoms with van der Waals surface area (Å²) < 4.78 is 0. The van der Waals surface area contributed by atoms with Gasteiger partial charge in [0.05, 0.1) is 40.9 Å². The Labute approximate surface area is 332 Å².